The van der Waals surface area contributed by atoms with Gasteiger partial charge in [0, 0.05) is 23.1 Å². The number of fused-ring (bicyclic) bond motifs is 4. The average Bonchev–Trinajstić information content (AvgIpc) is 3.05. The molecule has 1 saturated carbocycles. The fourth-order valence-electron chi connectivity index (χ4n) is 5.37. The minimum Gasteiger partial charge on any atom is -0.356 e. The van der Waals surface area contributed by atoms with Crippen LogP contribution < -0.4 is 0 Å². The molecule has 0 radical (unpaired) electrons. The maximum Gasteiger partial charge on any atom is 0.210 e. The predicted molar refractivity (Wildman–Crippen MR) is 93.2 cm³/mol. The standard InChI is InChI=1S/C20H26N2O/c1-3-15-11-14(2)12-20(15)19-17(8-6-10-22(20)13-23)16-7-4-5-9-18(16)21-19/h4-5,7,9,13-15,21H,3,6,8,10-12H2,1-2H3. The Labute approximate surface area is 138 Å². The van der Waals surface area contributed by atoms with Gasteiger partial charge in [0.05, 0.1) is 5.54 Å². The van der Waals surface area contributed by atoms with E-state index in [1.54, 1.807) is 0 Å². The molecule has 0 saturated heterocycles. The first kappa shape index (κ1) is 14.8. The topological polar surface area (TPSA) is 36.1 Å². The quantitative estimate of drug-likeness (QED) is 0.828. The van der Waals surface area contributed by atoms with E-state index in [1.165, 1.54) is 28.6 Å². The van der Waals surface area contributed by atoms with Crippen molar-refractivity contribution in [3.05, 3.63) is 35.5 Å². The monoisotopic (exact) mass is 310 g/mol. The van der Waals surface area contributed by atoms with Gasteiger partial charge in [0.25, 0.3) is 0 Å². The molecule has 1 aliphatic heterocycles. The molecule has 1 aromatic carbocycles. The zero-order valence-electron chi connectivity index (χ0n) is 14.1. The molecule has 4 rings (SSSR count). The van der Waals surface area contributed by atoms with Crippen LogP contribution in [-0.2, 0) is 16.8 Å². The van der Waals surface area contributed by atoms with Crippen molar-refractivity contribution in [1.29, 1.82) is 0 Å². The Bertz CT molecular complexity index is 734. The summed E-state index contributed by atoms with van der Waals surface area (Å²) in [6.07, 6.45) is 6.67. The molecule has 2 aliphatic rings. The van der Waals surface area contributed by atoms with Crippen LogP contribution in [0.25, 0.3) is 10.9 Å². The molecule has 2 heterocycles. The lowest BCUT2D eigenvalue weighted by Crippen LogP contribution is -2.48. The minimum absolute atomic E-state index is 0.124. The molecule has 2 aromatic rings. The first-order valence-electron chi connectivity index (χ1n) is 9.02. The van der Waals surface area contributed by atoms with E-state index in [-0.39, 0.29) is 5.54 Å². The summed E-state index contributed by atoms with van der Waals surface area (Å²) in [4.78, 5) is 17.8. The number of hydrogen-bond acceptors (Lipinski definition) is 1. The zero-order chi connectivity index (χ0) is 16.0. The van der Waals surface area contributed by atoms with Gasteiger partial charge in [-0.05, 0) is 49.1 Å². The number of hydrogen-bond donors (Lipinski definition) is 1. The Hall–Kier alpha value is -1.77. The second-order valence-electron chi connectivity index (χ2n) is 7.50. The number of carbonyl (C=O) groups is 1. The summed E-state index contributed by atoms with van der Waals surface area (Å²) >= 11 is 0. The highest BCUT2D eigenvalue weighted by Gasteiger charge is 2.52. The third-order valence-corrected chi connectivity index (χ3v) is 6.23. The summed E-state index contributed by atoms with van der Waals surface area (Å²) in [5, 5.41) is 1.35. The van der Waals surface area contributed by atoms with E-state index in [9.17, 15) is 4.79 Å². The highest BCUT2D eigenvalue weighted by molar-refractivity contribution is 5.85. The molecular formula is C20H26N2O. The van der Waals surface area contributed by atoms with Gasteiger partial charge in [-0.1, -0.05) is 38.5 Å². The Morgan fingerprint density at radius 1 is 1.39 bits per heavy atom. The molecule has 3 unspecified atom stereocenters. The molecule has 1 amide bonds. The lowest BCUT2D eigenvalue weighted by Gasteiger charge is -2.42. The first-order chi connectivity index (χ1) is 11.2. The van der Waals surface area contributed by atoms with Crippen LogP contribution in [0.3, 0.4) is 0 Å². The maximum absolute atomic E-state index is 12.0. The normalized spacial score (nSPS) is 30.6. The van der Waals surface area contributed by atoms with Gasteiger partial charge in [-0.25, -0.2) is 0 Å². The summed E-state index contributed by atoms with van der Waals surface area (Å²) in [6, 6.07) is 8.62. The van der Waals surface area contributed by atoms with Crippen molar-refractivity contribution < 1.29 is 4.79 Å². The molecule has 1 N–H and O–H groups in total. The number of amides is 1. The summed E-state index contributed by atoms with van der Waals surface area (Å²) in [7, 11) is 0. The molecule has 122 valence electrons. The van der Waals surface area contributed by atoms with Crippen LogP contribution in [0.15, 0.2) is 24.3 Å². The van der Waals surface area contributed by atoms with E-state index >= 15 is 0 Å². The first-order valence-corrected chi connectivity index (χ1v) is 9.02. The smallest absolute Gasteiger partial charge is 0.210 e. The highest BCUT2D eigenvalue weighted by Crippen LogP contribution is 2.54. The van der Waals surface area contributed by atoms with E-state index in [2.05, 4.69) is 48.0 Å². The average molecular weight is 310 g/mol. The molecule has 3 heteroatoms. The number of aromatic nitrogens is 1. The number of carbonyl (C=O) groups excluding carboxylic acids is 1. The Balaban J connectivity index is 2.00. The van der Waals surface area contributed by atoms with Crippen LogP contribution in [0.1, 0.15) is 50.8 Å². The van der Waals surface area contributed by atoms with E-state index in [1.807, 2.05) is 0 Å². The van der Waals surface area contributed by atoms with Crippen molar-refractivity contribution in [1.82, 2.24) is 9.88 Å². The highest BCUT2D eigenvalue weighted by atomic mass is 16.1. The van der Waals surface area contributed by atoms with Gasteiger partial charge >= 0.3 is 0 Å². The third-order valence-electron chi connectivity index (χ3n) is 6.23. The van der Waals surface area contributed by atoms with Crippen molar-refractivity contribution in [3.63, 3.8) is 0 Å². The van der Waals surface area contributed by atoms with E-state index in [0.29, 0.717) is 11.8 Å². The Morgan fingerprint density at radius 3 is 3.00 bits per heavy atom. The molecule has 3 atom stereocenters. The van der Waals surface area contributed by atoms with Crippen LogP contribution in [0.5, 0.6) is 0 Å². The zero-order valence-corrected chi connectivity index (χ0v) is 14.1. The fraction of sp³-hybridized carbons (Fsp3) is 0.550. The van der Waals surface area contributed by atoms with Gasteiger partial charge in [0.15, 0.2) is 0 Å². The molecule has 1 spiro atoms. The van der Waals surface area contributed by atoms with Gasteiger partial charge < -0.3 is 9.88 Å². The van der Waals surface area contributed by atoms with Gasteiger partial charge in [-0.3, -0.25) is 4.79 Å². The predicted octanol–water partition coefficient (Wildman–Crippen LogP) is 4.22. The number of benzene rings is 1. The number of para-hydroxylation sites is 1. The number of nitrogens with zero attached hydrogens (tertiary/aromatic N) is 1. The summed E-state index contributed by atoms with van der Waals surface area (Å²) in [5.41, 5.74) is 3.89. The number of aryl methyl sites for hydroxylation is 1. The van der Waals surface area contributed by atoms with Crippen LogP contribution in [0, 0.1) is 11.8 Å². The third kappa shape index (κ3) is 1.98. The number of H-pyrrole nitrogens is 1. The van der Waals surface area contributed by atoms with Crippen LogP contribution in [0.2, 0.25) is 0 Å². The molecule has 1 aromatic heterocycles. The van der Waals surface area contributed by atoms with Gasteiger partial charge in [-0.2, -0.15) is 0 Å². The summed E-state index contributed by atoms with van der Waals surface area (Å²) in [5.74, 6) is 1.22. The molecule has 1 fully saturated rings. The van der Waals surface area contributed by atoms with Gasteiger partial charge in [-0.15, -0.1) is 0 Å². The van der Waals surface area contributed by atoms with E-state index in [4.69, 9.17) is 0 Å². The largest absolute Gasteiger partial charge is 0.356 e. The molecular weight excluding hydrogens is 284 g/mol. The van der Waals surface area contributed by atoms with Crippen LogP contribution >= 0.6 is 0 Å². The van der Waals surface area contributed by atoms with Crippen LogP contribution in [0.4, 0.5) is 0 Å². The second kappa shape index (κ2) is 5.40. The van der Waals surface area contributed by atoms with Crippen molar-refractivity contribution in [2.75, 3.05) is 6.54 Å². The van der Waals surface area contributed by atoms with Crippen LogP contribution in [-0.4, -0.2) is 22.8 Å². The molecule has 3 nitrogen and oxygen atoms in total. The van der Waals surface area contributed by atoms with E-state index < -0.39 is 0 Å². The molecule has 0 bridgehead atoms. The molecule has 23 heavy (non-hydrogen) atoms. The van der Waals surface area contributed by atoms with Gasteiger partial charge in [0.2, 0.25) is 6.41 Å². The number of nitrogens with one attached hydrogen (secondary N) is 1. The molecule has 1 aliphatic carbocycles. The maximum atomic E-state index is 12.0. The lowest BCUT2D eigenvalue weighted by molar-refractivity contribution is -0.126. The minimum atomic E-state index is -0.124. The summed E-state index contributed by atoms with van der Waals surface area (Å²) in [6.45, 7) is 5.50. The van der Waals surface area contributed by atoms with Gasteiger partial charge in [0.1, 0.15) is 0 Å². The lowest BCUT2D eigenvalue weighted by atomic mass is 9.79. The number of rotatable bonds is 2. The van der Waals surface area contributed by atoms with Crippen molar-refractivity contribution in [3.8, 4) is 0 Å². The number of aromatic amines is 1. The van der Waals surface area contributed by atoms with Crippen molar-refractivity contribution in [2.45, 2.75) is 51.5 Å². The fourth-order valence-corrected chi connectivity index (χ4v) is 5.37. The Morgan fingerprint density at radius 2 is 2.22 bits per heavy atom. The van der Waals surface area contributed by atoms with Crippen molar-refractivity contribution in [2.24, 2.45) is 11.8 Å². The van der Waals surface area contributed by atoms with E-state index in [0.717, 1.165) is 38.6 Å². The summed E-state index contributed by atoms with van der Waals surface area (Å²) < 4.78 is 0. The van der Waals surface area contributed by atoms with Crippen molar-refractivity contribution >= 4 is 17.3 Å². The Kier molecular flexibility index (Phi) is 3.47. The SMILES string of the molecule is CCC1CC(C)CC12c1[nH]c3ccccc3c1CCCN2C=O. The second-order valence-corrected chi connectivity index (χ2v) is 7.50.